The Morgan fingerprint density at radius 3 is 2.50 bits per heavy atom. The van der Waals surface area contributed by atoms with Gasteiger partial charge in [-0.05, 0) is 50.2 Å². The van der Waals surface area contributed by atoms with Crippen LogP contribution in [0.4, 0.5) is 5.82 Å². The molecule has 4 rings (SSSR count). The maximum atomic E-state index is 12.9. The molecule has 34 heavy (non-hydrogen) atoms. The van der Waals surface area contributed by atoms with Gasteiger partial charge in [-0.25, -0.2) is 23.5 Å². The van der Waals surface area contributed by atoms with Gasteiger partial charge in [0, 0.05) is 18.3 Å². The average molecular weight is 483 g/mol. The highest BCUT2D eigenvalue weighted by molar-refractivity contribution is 7.89. The fourth-order valence-electron chi connectivity index (χ4n) is 3.13. The van der Waals surface area contributed by atoms with Crippen LogP contribution in [0.25, 0.3) is 10.9 Å². The SMILES string of the molecule is CCOc1cnc(NC(=O)c2cc(Oc3ccc(S(N)(=O)=O)cc3)c3cn(CC)nc3c2)cn1. The van der Waals surface area contributed by atoms with Gasteiger partial charge >= 0.3 is 0 Å². The lowest BCUT2D eigenvalue weighted by Crippen LogP contribution is -2.13. The molecule has 0 aliphatic rings. The second kappa shape index (κ2) is 9.45. The number of aryl methyl sites for hydroxylation is 1. The van der Waals surface area contributed by atoms with Gasteiger partial charge in [-0.2, -0.15) is 5.10 Å². The minimum Gasteiger partial charge on any atom is -0.477 e. The van der Waals surface area contributed by atoms with Crippen LogP contribution in [-0.2, 0) is 16.6 Å². The molecule has 2 aromatic carbocycles. The predicted molar refractivity (Wildman–Crippen MR) is 124 cm³/mol. The van der Waals surface area contributed by atoms with Crippen LogP contribution in [0.15, 0.2) is 59.9 Å². The highest BCUT2D eigenvalue weighted by atomic mass is 32.2. The van der Waals surface area contributed by atoms with Crippen molar-refractivity contribution in [3.8, 4) is 17.4 Å². The van der Waals surface area contributed by atoms with Crippen LogP contribution in [0.3, 0.4) is 0 Å². The number of rotatable bonds is 8. The molecule has 0 atom stereocenters. The zero-order chi connectivity index (χ0) is 24.3. The van der Waals surface area contributed by atoms with Gasteiger partial charge in [0.15, 0.2) is 5.82 Å². The summed E-state index contributed by atoms with van der Waals surface area (Å²) in [4.78, 5) is 21.1. The Morgan fingerprint density at radius 2 is 1.88 bits per heavy atom. The molecule has 0 radical (unpaired) electrons. The smallest absolute Gasteiger partial charge is 0.257 e. The number of primary sulfonamides is 1. The van der Waals surface area contributed by atoms with Gasteiger partial charge in [0.1, 0.15) is 11.5 Å². The van der Waals surface area contributed by atoms with E-state index < -0.39 is 15.9 Å². The monoisotopic (exact) mass is 482 g/mol. The fourth-order valence-corrected chi connectivity index (χ4v) is 3.65. The minimum absolute atomic E-state index is 0.0339. The van der Waals surface area contributed by atoms with Gasteiger partial charge in [-0.15, -0.1) is 0 Å². The van der Waals surface area contributed by atoms with Crippen molar-refractivity contribution < 1.29 is 22.7 Å². The Labute approximate surface area is 195 Å². The Bertz CT molecular complexity index is 1430. The first-order valence-electron chi connectivity index (χ1n) is 10.3. The number of nitrogens with one attached hydrogen (secondary N) is 1. The lowest BCUT2D eigenvalue weighted by molar-refractivity contribution is 0.102. The predicted octanol–water partition coefficient (Wildman–Crippen LogP) is 2.94. The van der Waals surface area contributed by atoms with Crippen LogP contribution in [0.2, 0.25) is 0 Å². The molecule has 2 aromatic heterocycles. The molecule has 0 aliphatic carbocycles. The summed E-state index contributed by atoms with van der Waals surface area (Å²) < 4.78 is 36.0. The molecular weight excluding hydrogens is 460 g/mol. The number of carbonyl (C=O) groups excluding carboxylic acids is 1. The van der Waals surface area contributed by atoms with Crippen LogP contribution in [0.5, 0.6) is 17.4 Å². The van der Waals surface area contributed by atoms with Crippen LogP contribution in [0.1, 0.15) is 24.2 Å². The van der Waals surface area contributed by atoms with Gasteiger partial charge < -0.3 is 14.8 Å². The van der Waals surface area contributed by atoms with E-state index in [1.807, 2.05) is 20.0 Å². The molecule has 1 amide bonds. The molecule has 176 valence electrons. The van der Waals surface area contributed by atoms with Crippen LogP contribution in [-0.4, -0.2) is 40.7 Å². The lowest BCUT2D eigenvalue weighted by atomic mass is 10.1. The van der Waals surface area contributed by atoms with Crippen molar-refractivity contribution in [3.63, 3.8) is 0 Å². The van der Waals surface area contributed by atoms with E-state index in [4.69, 9.17) is 14.6 Å². The largest absolute Gasteiger partial charge is 0.477 e. The number of fused-ring (bicyclic) bond motifs is 1. The van der Waals surface area contributed by atoms with Gasteiger partial charge in [0.25, 0.3) is 5.91 Å². The normalized spacial score (nSPS) is 11.4. The maximum Gasteiger partial charge on any atom is 0.257 e. The Balaban J connectivity index is 1.65. The summed E-state index contributed by atoms with van der Waals surface area (Å²) in [6, 6.07) is 8.89. The number of nitrogens with zero attached hydrogens (tertiary/aromatic N) is 4. The van der Waals surface area contributed by atoms with Crippen LogP contribution < -0.4 is 19.9 Å². The number of carbonyl (C=O) groups is 1. The number of amides is 1. The third kappa shape index (κ3) is 5.13. The summed E-state index contributed by atoms with van der Waals surface area (Å²) in [5.74, 6) is 0.932. The summed E-state index contributed by atoms with van der Waals surface area (Å²) >= 11 is 0. The van der Waals surface area contributed by atoms with Crippen molar-refractivity contribution in [3.05, 3.63) is 60.6 Å². The summed E-state index contributed by atoms with van der Waals surface area (Å²) in [6.45, 7) is 4.86. The molecule has 0 spiro atoms. The first-order chi connectivity index (χ1) is 16.3. The molecule has 0 aliphatic heterocycles. The minimum atomic E-state index is -3.82. The van der Waals surface area contributed by atoms with Crippen molar-refractivity contribution >= 4 is 32.7 Å². The van der Waals surface area contributed by atoms with Gasteiger partial charge in [0.2, 0.25) is 15.9 Å². The molecule has 11 nitrogen and oxygen atoms in total. The van der Waals surface area contributed by atoms with E-state index in [-0.39, 0.29) is 10.7 Å². The van der Waals surface area contributed by atoms with Gasteiger partial charge in [0.05, 0.1) is 34.8 Å². The number of aromatic nitrogens is 4. The second-order valence-corrected chi connectivity index (χ2v) is 8.70. The molecule has 0 fully saturated rings. The highest BCUT2D eigenvalue weighted by Crippen LogP contribution is 2.32. The average Bonchev–Trinajstić information content (AvgIpc) is 3.24. The van der Waals surface area contributed by atoms with Crippen LogP contribution >= 0.6 is 0 Å². The first-order valence-corrected chi connectivity index (χ1v) is 11.9. The number of hydrogen-bond acceptors (Lipinski definition) is 8. The molecule has 2 heterocycles. The second-order valence-electron chi connectivity index (χ2n) is 7.14. The van der Waals surface area contributed by atoms with E-state index in [0.717, 1.165) is 0 Å². The highest BCUT2D eigenvalue weighted by Gasteiger charge is 2.16. The summed E-state index contributed by atoms with van der Waals surface area (Å²) in [5, 5.41) is 13.0. The maximum absolute atomic E-state index is 12.9. The molecule has 0 unspecified atom stereocenters. The molecule has 0 saturated heterocycles. The van der Waals surface area contributed by atoms with Crippen molar-refractivity contribution in [2.75, 3.05) is 11.9 Å². The number of nitrogens with two attached hydrogens (primary N) is 1. The van der Waals surface area contributed by atoms with E-state index in [2.05, 4.69) is 20.4 Å². The van der Waals surface area contributed by atoms with E-state index >= 15 is 0 Å². The standard InChI is InChI=1S/C22H22N6O5S/c1-3-28-13-17-18(27-28)9-14(22(29)26-20-11-25-21(12-24-20)32-4-2)10-19(17)33-15-5-7-16(8-6-15)34(23,30)31/h5-13H,3-4H2,1-2H3,(H2,23,30,31)(H,24,26,29). The summed E-state index contributed by atoms with van der Waals surface area (Å²) in [5.41, 5.74) is 0.851. The quantitative estimate of drug-likeness (QED) is 0.389. The molecule has 4 aromatic rings. The van der Waals surface area contributed by atoms with E-state index in [1.165, 1.54) is 36.7 Å². The van der Waals surface area contributed by atoms with Crippen molar-refractivity contribution in [1.29, 1.82) is 0 Å². The van der Waals surface area contributed by atoms with Gasteiger partial charge in [-0.1, -0.05) is 0 Å². The summed E-state index contributed by atoms with van der Waals surface area (Å²) in [7, 11) is -3.82. The Kier molecular flexibility index (Phi) is 6.43. The van der Waals surface area contributed by atoms with Crippen molar-refractivity contribution in [2.45, 2.75) is 25.3 Å². The summed E-state index contributed by atoms with van der Waals surface area (Å²) in [6.07, 6.45) is 4.63. The zero-order valence-corrected chi connectivity index (χ0v) is 19.2. The van der Waals surface area contributed by atoms with Crippen molar-refractivity contribution in [2.24, 2.45) is 5.14 Å². The number of hydrogen-bond donors (Lipinski definition) is 2. The van der Waals surface area contributed by atoms with E-state index in [9.17, 15) is 13.2 Å². The number of ether oxygens (including phenoxy) is 2. The number of sulfonamides is 1. The topological polar surface area (TPSA) is 151 Å². The molecule has 12 heteroatoms. The third-order valence-corrected chi connectivity index (χ3v) is 5.69. The van der Waals surface area contributed by atoms with E-state index in [0.29, 0.717) is 47.0 Å². The lowest BCUT2D eigenvalue weighted by Gasteiger charge is -2.10. The number of benzene rings is 2. The Hall–Kier alpha value is -4.03. The molecule has 0 bridgehead atoms. The van der Waals surface area contributed by atoms with Crippen molar-refractivity contribution in [1.82, 2.24) is 19.7 Å². The molecular formula is C22H22N6O5S. The third-order valence-electron chi connectivity index (χ3n) is 4.76. The zero-order valence-electron chi connectivity index (χ0n) is 18.4. The van der Waals surface area contributed by atoms with Crippen LogP contribution in [0, 0.1) is 0 Å². The van der Waals surface area contributed by atoms with Gasteiger partial charge in [-0.3, -0.25) is 9.48 Å². The fraction of sp³-hybridized carbons (Fsp3) is 0.182. The Morgan fingerprint density at radius 1 is 1.12 bits per heavy atom. The first kappa shape index (κ1) is 23.1. The molecule has 0 saturated carbocycles. The molecule has 3 N–H and O–H groups in total. The number of anilines is 1. The van der Waals surface area contributed by atoms with E-state index in [1.54, 1.807) is 16.8 Å².